The number of hydrogen-bond donors (Lipinski definition) is 1. The predicted molar refractivity (Wildman–Crippen MR) is 126 cm³/mol. The van der Waals surface area contributed by atoms with E-state index in [1.54, 1.807) is 0 Å². The minimum atomic E-state index is -0.180. The Bertz CT molecular complexity index is 1110. The molecule has 2 heterocycles. The van der Waals surface area contributed by atoms with Gasteiger partial charge in [-0.15, -0.1) is 0 Å². The van der Waals surface area contributed by atoms with Crippen molar-refractivity contribution in [1.29, 1.82) is 0 Å². The second-order valence-corrected chi connectivity index (χ2v) is 8.80. The number of aryl methyl sites for hydroxylation is 1. The molecule has 5 rings (SSSR count). The monoisotopic (exact) mass is 449 g/mol. The molecular weight excluding hydrogens is 418 g/mol. The molecule has 2 atom stereocenters. The van der Waals surface area contributed by atoms with Crippen molar-refractivity contribution in [2.45, 2.75) is 45.1 Å². The zero-order valence-electron chi connectivity index (χ0n) is 19.3. The van der Waals surface area contributed by atoms with E-state index in [9.17, 15) is 5.11 Å². The van der Waals surface area contributed by atoms with E-state index in [4.69, 9.17) is 14.0 Å². The van der Waals surface area contributed by atoms with E-state index in [-0.39, 0.29) is 6.10 Å². The van der Waals surface area contributed by atoms with E-state index >= 15 is 0 Å². The van der Waals surface area contributed by atoms with Crippen LogP contribution in [0.2, 0.25) is 0 Å². The molecule has 1 saturated heterocycles. The summed E-state index contributed by atoms with van der Waals surface area (Å²) in [6, 6.07) is 12.2. The first-order valence-corrected chi connectivity index (χ1v) is 11.9. The van der Waals surface area contributed by atoms with E-state index in [0.29, 0.717) is 42.3 Å². The number of benzene rings is 2. The third-order valence-corrected chi connectivity index (χ3v) is 6.55. The van der Waals surface area contributed by atoms with Crippen LogP contribution in [-0.4, -0.2) is 59.1 Å². The van der Waals surface area contributed by atoms with Gasteiger partial charge in [0.05, 0.1) is 19.3 Å². The SMILES string of the molecule is CCOc1ccc(-c2nc(-c3ccc4c(c3)C(CN3CC[C@H](O)C3)CC4)no2)cc1OCC. The highest BCUT2D eigenvalue weighted by Gasteiger charge is 2.28. The summed E-state index contributed by atoms with van der Waals surface area (Å²) in [5.41, 5.74) is 4.54. The molecule has 7 heteroatoms. The molecule has 1 aromatic heterocycles. The molecule has 0 bridgehead atoms. The molecule has 1 unspecified atom stereocenters. The first-order chi connectivity index (χ1) is 16.1. The van der Waals surface area contributed by atoms with Gasteiger partial charge < -0.3 is 24.0 Å². The third kappa shape index (κ3) is 4.61. The van der Waals surface area contributed by atoms with Gasteiger partial charge in [0.2, 0.25) is 5.82 Å². The fourth-order valence-electron chi connectivity index (χ4n) is 4.95. The highest BCUT2D eigenvalue weighted by atomic mass is 16.5. The molecular formula is C26H31N3O4. The van der Waals surface area contributed by atoms with Crippen LogP contribution < -0.4 is 9.47 Å². The Morgan fingerprint density at radius 1 is 1.03 bits per heavy atom. The van der Waals surface area contributed by atoms with Gasteiger partial charge in [0.25, 0.3) is 5.89 Å². The van der Waals surface area contributed by atoms with Crippen LogP contribution in [0.3, 0.4) is 0 Å². The summed E-state index contributed by atoms with van der Waals surface area (Å²) in [5, 5.41) is 14.1. The summed E-state index contributed by atoms with van der Waals surface area (Å²) in [5.74, 6) is 2.90. The van der Waals surface area contributed by atoms with Gasteiger partial charge in [-0.3, -0.25) is 0 Å². The topological polar surface area (TPSA) is 80.9 Å². The van der Waals surface area contributed by atoms with Gasteiger partial charge in [-0.2, -0.15) is 4.98 Å². The lowest BCUT2D eigenvalue weighted by Crippen LogP contribution is -2.26. The van der Waals surface area contributed by atoms with Crippen LogP contribution in [0.5, 0.6) is 11.5 Å². The van der Waals surface area contributed by atoms with E-state index < -0.39 is 0 Å². The van der Waals surface area contributed by atoms with Crippen molar-refractivity contribution in [2.24, 2.45) is 0 Å². The maximum atomic E-state index is 9.86. The molecule has 174 valence electrons. The molecule has 1 fully saturated rings. The van der Waals surface area contributed by atoms with Crippen LogP contribution in [0.4, 0.5) is 0 Å². The fourth-order valence-corrected chi connectivity index (χ4v) is 4.95. The summed E-state index contributed by atoms with van der Waals surface area (Å²) < 4.78 is 17.0. The Morgan fingerprint density at radius 3 is 2.64 bits per heavy atom. The number of aliphatic hydroxyl groups is 1. The number of aromatic nitrogens is 2. The number of aliphatic hydroxyl groups excluding tert-OH is 1. The summed E-state index contributed by atoms with van der Waals surface area (Å²) in [6.07, 6.45) is 2.94. The third-order valence-electron chi connectivity index (χ3n) is 6.55. The minimum Gasteiger partial charge on any atom is -0.490 e. The standard InChI is InChI=1S/C26H31N3O4/c1-3-31-23-10-9-19(14-24(23)32-4-2)26-27-25(28-33-26)18-7-5-17-6-8-20(22(17)13-18)15-29-12-11-21(30)16-29/h5,7,9-10,13-14,20-21,30H,3-4,6,8,11-12,15-16H2,1-2H3/t20?,21-/m0/s1. The zero-order chi connectivity index (χ0) is 22.8. The lowest BCUT2D eigenvalue weighted by molar-refractivity contribution is 0.174. The lowest BCUT2D eigenvalue weighted by Gasteiger charge is -2.20. The van der Waals surface area contributed by atoms with Gasteiger partial charge in [0.1, 0.15) is 0 Å². The van der Waals surface area contributed by atoms with Crippen LogP contribution >= 0.6 is 0 Å². The maximum absolute atomic E-state index is 9.86. The average Bonchev–Trinajstić information content (AvgIpc) is 3.56. The van der Waals surface area contributed by atoms with Gasteiger partial charge in [-0.1, -0.05) is 17.3 Å². The van der Waals surface area contributed by atoms with E-state index in [1.165, 1.54) is 11.1 Å². The number of rotatable bonds is 8. The minimum absolute atomic E-state index is 0.180. The summed E-state index contributed by atoms with van der Waals surface area (Å²) in [4.78, 5) is 7.05. The second-order valence-electron chi connectivity index (χ2n) is 8.80. The van der Waals surface area contributed by atoms with Crippen molar-refractivity contribution < 1.29 is 19.1 Å². The second kappa shape index (κ2) is 9.53. The van der Waals surface area contributed by atoms with Crippen molar-refractivity contribution >= 4 is 0 Å². The van der Waals surface area contributed by atoms with Gasteiger partial charge in [0.15, 0.2) is 11.5 Å². The van der Waals surface area contributed by atoms with Crippen LogP contribution in [0.25, 0.3) is 22.8 Å². The van der Waals surface area contributed by atoms with Gasteiger partial charge in [-0.05, 0) is 74.4 Å². The average molecular weight is 450 g/mol. The number of likely N-dealkylation sites (tertiary alicyclic amines) is 1. The van der Waals surface area contributed by atoms with Gasteiger partial charge in [0, 0.05) is 30.8 Å². The molecule has 0 amide bonds. The van der Waals surface area contributed by atoms with Crippen LogP contribution in [0, 0.1) is 0 Å². The van der Waals surface area contributed by atoms with E-state index in [0.717, 1.165) is 50.0 Å². The largest absolute Gasteiger partial charge is 0.490 e. The fraction of sp³-hybridized carbons (Fsp3) is 0.462. The van der Waals surface area contributed by atoms with Crippen molar-refractivity contribution in [3.63, 3.8) is 0 Å². The molecule has 3 aromatic rings. The molecule has 2 aliphatic rings. The summed E-state index contributed by atoms with van der Waals surface area (Å²) >= 11 is 0. The van der Waals surface area contributed by atoms with Crippen LogP contribution in [0.15, 0.2) is 40.9 Å². The Balaban J connectivity index is 1.37. The van der Waals surface area contributed by atoms with Gasteiger partial charge >= 0.3 is 0 Å². The number of ether oxygens (including phenoxy) is 2. The number of nitrogens with zero attached hydrogens (tertiary/aromatic N) is 3. The predicted octanol–water partition coefficient (Wildman–Crippen LogP) is 4.30. The van der Waals surface area contributed by atoms with E-state index in [2.05, 4.69) is 33.2 Å². The van der Waals surface area contributed by atoms with Crippen molar-refractivity contribution in [1.82, 2.24) is 15.0 Å². The first kappa shape index (κ1) is 21.9. The van der Waals surface area contributed by atoms with Gasteiger partial charge in [-0.25, -0.2) is 0 Å². The molecule has 2 aromatic carbocycles. The Labute approximate surface area is 194 Å². The molecule has 33 heavy (non-hydrogen) atoms. The number of β-amino-alcohol motifs (C(OH)–C–C–N with tert-alkyl or cyclic N) is 1. The van der Waals surface area contributed by atoms with Crippen LogP contribution in [-0.2, 0) is 6.42 Å². The maximum Gasteiger partial charge on any atom is 0.258 e. The molecule has 0 radical (unpaired) electrons. The van der Waals surface area contributed by atoms with Crippen molar-refractivity contribution in [3.8, 4) is 34.3 Å². The summed E-state index contributed by atoms with van der Waals surface area (Å²) in [7, 11) is 0. The molecule has 1 aliphatic heterocycles. The quantitative estimate of drug-likeness (QED) is 0.549. The Hall–Kier alpha value is -2.90. The Morgan fingerprint density at radius 2 is 1.85 bits per heavy atom. The molecule has 1 N–H and O–H groups in total. The van der Waals surface area contributed by atoms with E-state index in [1.807, 2.05) is 32.0 Å². The molecule has 1 aliphatic carbocycles. The molecule has 0 spiro atoms. The normalized spacial score (nSPS) is 20.2. The lowest BCUT2D eigenvalue weighted by atomic mass is 9.98. The smallest absolute Gasteiger partial charge is 0.258 e. The summed E-state index contributed by atoms with van der Waals surface area (Å²) in [6.45, 7) is 7.77. The molecule has 7 nitrogen and oxygen atoms in total. The number of hydrogen-bond acceptors (Lipinski definition) is 7. The van der Waals surface area contributed by atoms with Crippen molar-refractivity contribution in [2.75, 3.05) is 32.8 Å². The van der Waals surface area contributed by atoms with Crippen molar-refractivity contribution in [3.05, 3.63) is 47.5 Å². The van der Waals surface area contributed by atoms with Crippen LogP contribution in [0.1, 0.15) is 43.7 Å². The highest BCUT2D eigenvalue weighted by molar-refractivity contribution is 5.64. The Kier molecular flexibility index (Phi) is 6.33. The number of fused-ring (bicyclic) bond motifs is 1. The molecule has 0 saturated carbocycles. The highest BCUT2D eigenvalue weighted by Crippen LogP contribution is 2.37. The first-order valence-electron chi connectivity index (χ1n) is 11.9. The zero-order valence-corrected chi connectivity index (χ0v) is 19.3.